The number of amides is 3. The van der Waals surface area contributed by atoms with Crippen molar-refractivity contribution in [1.82, 2.24) is 10.2 Å². The Morgan fingerprint density at radius 1 is 1.48 bits per heavy atom. The molecule has 0 aliphatic carbocycles. The van der Waals surface area contributed by atoms with Crippen molar-refractivity contribution >= 4 is 39.5 Å². The molecule has 1 unspecified atom stereocenters. The minimum Gasteiger partial charge on any atom is -0.480 e. The summed E-state index contributed by atoms with van der Waals surface area (Å²) < 4.78 is 0.825. The first-order valence-electron chi connectivity index (χ1n) is 6.22. The topological polar surface area (TPSA) is 98.7 Å². The summed E-state index contributed by atoms with van der Waals surface area (Å²) in [7, 11) is 0. The molecule has 0 bridgehead atoms. The van der Waals surface area contributed by atoms with Gasteiger partial charge in [-0.25, -0.2) is 9.59 Å². The van der Waals surface area contributed by atoms with Crippen LogP contribution in [0, 0.1) is 6.92 Å². The van der Waals surface area contributed by atoms with Crippen molar-refractivity contribution < 1.29 is 19.5 Å². The van der Waals surface area contributed by atoms with E-state index in [0.29, 0.717) is 5.69 Å². The average molecular weight is 356 g/mol. The molecule has 2 rings (SSSR count). The molecule has 3 amide bonds. The molecular weight excluding hydrogens is 342 g/mol. The van der Waals surface area contributed by atoms with Gasteiger partial charge in [0, 0.05) is 16.7 Å². The van der Waals surface area contributed by atoms with Crippen LogP contribution in [0.15, 0.2) is 22.7 Å². The molecule has 21 heavy (non-hydrogen) atoms. The number of benzene rings is 1. The lowest BCUT2D eigenvalue weighted by atomic mass is 10.2. The molecule has 1 heterocycles. The maximum Gasteiger partial charge on any atom is 0.328 e. The summed E-state index contributed by atoms with van der Waals surface area (Å²) in [6, 6.07) is 3.61. The molecule has 0 aromatic heterocycles. The number of carbonyl (C=O) groups excluding carboxylic acids is 2. The summed E-state index contributed by atoms with van der Waals surface area (Å²) in [4.78, 5) is 35.8. The molecule has 1 atom stereocenters. The second-order valence-corrected chi connectivity index (χ2v) is 5.48. The van der Waals surface area contributed by atoms with Crippen LogP contribution in [0.5, 0.6) is 0 Å². The molecule has 1 aromatic carbocycles. The number of carbonyl (C=O) groups is 3. The van der Waals surface area contributed by atoms with Crippen molar-refractivity contribution in [2.24, 2.45) is 0 Å². The van der Waals surface area contributed by atoms with E-state index in [-0.39, 0.29) is 19.0 Å². The van der Waals surface area contributed by atoms with Crippen molar-refractivity contribution in [2.75, 3.05) is 18.4 Å². The monoisotopic (exact) mass is 355 g/mol. The lowest BCUT2D eigenvalue weighted by Crippen LogP contribution is -2.60. The Hall–Kier alpha value is -2.09. The summed E-state index contributed by atoms with van der Waals surface area (Å²) in [5.41, 5.74) is 1.38. The number of hydrogen-bond donors (Lipinski definition) is 3. The number of nitrogens with one attached hydrogen (secondary N) is 2. The molecule has 1 saturated heterocycles. The average Bonchev–Trinajstić information content (AvgIpc) is 2.43. The van der Waals surface area contributed by atoms with Gasteiger partial charge in [-0.05, 0) is 24.6 Å². The molecule has 3 N–H and O–H groups in total. The highest BCUT2D eigenvalue weighted by Gasteiger charge is 2.35. The van der Waals surface area contributed by atoms with Gasteiger partial charge in [-0.2, -0.15) is 0 Å². The van der Waals surface area contributed by atoms with Gasteiger partial charge in [0.2, 0.25) is 5.91 Å². The van der Waals surface area contributed by atoms with Crippen LogP contribution in [0.2, 0.25) is 0 Å². The van der Waals surface area contributed by atoms with Gasteiger partial charge in [0.25, 0.3) is 0 Å². The molecule has 112 valence electrons. The molecular formula is C13H14BrN3O4. The Balaban J connectivity index is 2.19. The predicted molar refractivity (Wildman–Crippen MR) is 79.0 cm³/mol. The van der Waals surface area contributed by atoms with Gasteiger partial charge in [0.1, 0.15) is 12.6 Å². The SMILES string of the molecule is Cc1c(Br)cccc1NC(=O)N1CC(=O)NCC1C(=O)O. The summed E-state index contributed by atoms with van der Waals surface area (Å²) in [5, 5.41) is 14.2. The second kappa shape index (κ2) is 6.13. The number of hydrogen-bond acceptors (Lipinski definition) is 3. The van der Waals surface area contributed by atoms with Crippen LogP contribution < -0.4 is 10.6 Å². The number of piperazine rings is 1. The second-order valence-electron chi connectivity index (χ2n) is 4.63. The zero-order valence-corrected chi connectivity index (χ0v) is 12.8. The Labute approximate surface area is 129 Å². The number of aliphatic carboxylic acids is 1. The van der Waals surface area contributed by atoms with Gasteiger partial charge in [-0.1, -0.05) is 22.0 Å². The normalized spacial score (nSPS) is 18.1. The fourth-order valence-corrected chi connectivity index (χ4v) is 2.37. The standard InChI is InChI=1S/C13H14BrN3O4/c1-7-8(14)3-2-4-9(7)16-13(21)17-6-11(18)15-5-10(17)12(19)20/h2-4,10H,5-6H2,1H3,(H,15,18)(H,16,21)(H,19,20). The van der Waals surface area contributed by atoms with E-state index < -0.39 is 18.0 Å². The van der Waals surface area contributed by atoms with Crippen LogP contribution in [0.4, 0.5) is 10.5 Å². The van der Waals surface area contributed by atoms with Crippen molar-refractivity contribution in [1.29, 1.82) is 0 Å². The molecule has 8 heteroatoms. The summed E-state index contributed by atoms with van der Waals surface area (Å²) in [6.07, 6.45) is 0. The number of carboxylic acid groups (broad SMARTS) is 1. The molecule has 1 aliphatic rings. The third kappa shape index (κ3) is 3.33. The van der Waals surface area contributed by atoms with Crippen molar-refractivity contribution in [3.63, 3.8) is 0 Å². The van der Waals surface area contributed by atoms with Crippen LogP contribution in [0.25, 0.3) is 0 Å². The van der Waals surface area contributed by atoms with E-state index in [0.717, 1.165) is 14.9 Å². The predicted octanol–water partition coefficient (Wildman–Crippen LogP) is 1.17. The summed E-state index contributed by atoms with van der Waals surface area (Å²) in [6.45, 7) is 1.44. The third-order valence-corrected chi connectivity index (χ3v) is 4.10. The molecule has 0 saturated carbocycles. The fraction of sp³-hybridized carbons (Fsp3) is 0.308. The maximum absolute atomic E-state index is 12.2. The first kappa shape index (κ1) is 15.3. The number of rotatable bonds is 2. The quantitative estimate of drug-likeness (QED) is 0.741. The van der Waals surface area contributed by atoms with Crippen molar-refractivity contribution in [3.05, 3.63) is 28.2 Å². The van der Waals surface area contributed by atoms with Gasteiger partial charge in [-0.15, -0.1) is 0 Å². The third-order valence-electron chi connectivity index (χ3n) is 3.24. The molecule has 1 fully saturated rings. The highest BCUT2D eigenvalue weighted by Crippen LogP contribution is 2.24. The van der Waals surface area contributed by atoms with E-state index in [4.69, 9.17) is 5.11 Å². The molecule has 0 spiro atoms. The highest BCUT2D eigenvalue weighted by molar-refractivity contribution is 9.10. The summed E-state index contributed by atoms with van der Waals surface area (Å²) in [5.74, 6) is -1.54. The highest BCUT2D eigenvalue weighted by atomic mass is 79.9. The van der Waals surface area contributed by atoms with Crippen LogP contribution >= 0.6 is 15.9 Å². The number of anilines is 1. The summed E-state index contributed by atoms with van der Waals surface area (Å²) >= 11 is 3.35. The maximum atomic E-state index is 12.2. The Morgan fingerprint density at radius 2 is 2.19 bits per heavy atom. The Bertz CT molecular complexity index is 605. The fourth-order valence-electron chi connectivity index (χ4n) is 2.01. The first-order chi connectivity index (χ1) is 9.90. The smallest absolute Gasteiger partial charge is 0.328 e. The molecule has 1 aromatic rings. The van der Waals surface area contributed by atoms with E-state index in [1.807, 2.05) is 13.0 Å². The van der Waals surface area contributed by atoms with E-state index >= 15 is 0 Å². The number of urea groups is 1. The van der Waals surface area contributed by atoms with Gasteiger partial charge in [-0.3, -0.25) is 9.69 Å². The van der Waals surface area contributed by atoms with Crippen molar-refractivity contribution in [2.45, 2.75) is 13.0 Å². The van der Waals surface area contributed by atoms with Gasteiger partial charge < -0.3 is 15.7 Å². The largest absolute Gasteiger partial charge is 0.480 e. The van der Waals surface area contributed by atoms with E-state index in [1.54, 1.807) is 12.1 Å². The minimum atomic E-state index is -1.16. The molecule has 0 radical (unpaired) electrons. The number of halogens is 1. The Kier molecular flexibility index (Phi) is 4.46. The van der Waals surface area contributed by atoms with E-state index in [2.05, 4.69) is 26.6 Å². The first-order valence-corrected chi connectivity index (χ1v) is 7.01. The van der Waals surface area contributed by atoms with Gasteiger partial charge in [0.05, 0.1) is 0 Å². The molecule has 7 nitrogen and oxygen atoms in total. The van der Waals surface area contributed by atoms with Crippen LogP contribution in [-0.2, 0) is 9.59 Å². The lowest BCUT2D eigenvalue weighted by molar-refractivity contribution is -0.144. The number of carboxylic acids is 1. The van der Waals surface area contributed by atoms with Gasteiger partial charge in [0.15, 0.2) is 0 Å². The van der Waals surface area contributed by atoms with Crippen LogP contribution in [0.1, 0.15) is 5.56 Å². The minimum absolute atomic E-state index is 0.0982. The van der Waals surface area contributed by atoms with Gasteiger partial charge >= 0.3 is 12.0 Å². The van der Waals surface area contributed by atoms with E-state index in [1.165, 1.54) is 0 Å². The van der Waals surface area contributed by atoms with E-state index in [9.17, 15) is 14.4 Å². The van der Waals surface area contributed by atoms with Crippen LogP contribution in [-0.4, -0.2) is 47.0 Å². The zero-order chi connectivity index (χ0) is 15.6. The molecule has 1 aliphatic heterocycles. The lowest BCUT2D eigenvalue weighted by Gasteiger charge is -2.32. The number of nitrogens with zero attached hydrogens (tertiary/aromatic N) is 1. The van der Waals surface area contributed by atoms with Crippen molar-refractivity contribution in [3.8, 4) is 0 Å². The zero-order valence-electron chi connectivity index (χ0n) is 11.2. The Morgan fingerprint density at radius 3 is 2.86 bits per heavy atom. The van der Waals surface area contributed by atoms with Crippen LogP contribution in [0.3, 0.4) is 0 Å².